The fraction of sp³-hybridized carbons (Fsp3) is 0.214. The molecule has 0 atom stereocenters. The van der Waals surface area contributed by atoms with Gasteiger partial charge in [-0.1, -0.05) is 12.1 Å². The SMILES string of the molecule is COc1cncc(-c2ccc3c(c2)NCC3)c1. The summed E-state index contributed by atoms with van der Waals surface area (Å²) in [7, 11) is 1.66. The van der Waals surface area contributed by atoms with Crippen molar-refractivity contribution in [1.29, 1.82) is 0 Å². The van der Waals surface area contributed by atoms with Crippen LogP contribution in [0.25, 0.3) is 11.1 Å². The summed E-state index contributed by atoms with van der Waals surface area (Å²) >= 11 is 0. The topological polar surface area (TPSA) is 34.1 Å². The average Bonchev–Trinajstić information content (AvgIpc) is 2.86. The average molecular weight is 226 g/mol. The fourth-order valence-corrected chi connectivity index (χ4v) is 2.16. The van der Waals surface area contributed by atoms with Crippen molar-refractivity contribution in [2.75, 3.05) is 19.0 Å². The Bertz CT molecular complexity index is 552. The van der Waals surface area contributed by atoms with Gasteiger partial charge in [-0.05, 0) is 29.7 Å². The smallest absolute Gasteiger partial charge is 0.137 e. The molecule has 2 aromatic rings. The minimum atomic E-state index is 0.788. The number of pyridine rings is 1. The van der Waals surface area contributed by atoms with Gasteiger partial charge in [0.15, 0.2) is 0 Å². The maximum atomic E-state index is 5.19. The van der Waals surface area contributed by atoms with Crippen LogP contribution in [0.2, 0.25) is 0 Å². The zero-order chi connectivity index (χ0) is 11.7. The summed E-state index contributed by atoms with van der Waals surface area (Å²) in [5, 5.41) is 3.39. The van der Waals surface area contributed by atoms with Gasteiger partial charge in [0.25, 0.3) is 0 Å². The van der Waals surface area contributed by atoms with Crippen LogP contribution in [0.15, 0.2) is 36.7 Å². The molecule has 0 unspecified atom stereocenters. The number of hydrogen-bond donors (Lipinski definition) is 1. The van der Waals surface area contributed by atoms with Gasteiger partial charge in [0.05, 0.1) is 13.3 Å². The van der Waals surface area contributed by atoms with Crippen molar-refractivity contribution in [3.05, 3.63) is 42.2 Å². The van der Waals surface area contributed by atoms with Crippen LogP contribution in [0.4, 0.5) is 5.69 Å². The van der Waals surface area contributed by atoms with E-state index in [1.165, 1.54) is 16.8 Å². The maximum absolute atomic E-state index is 5.19. The van der Waals surface area contributed by atoms with Crippen LogP contribution < -0.4 is 10.1 Å². The van der Waals surface area contributed by atoms with Crippen LogP contribution in [-0.4, -0.2) is 18.6 Å². The fourth-order valence-electron chi connectivity index (χ4n) is 2.16. The molecule has 1 aromatic carbocycles. The van der Waals surface area contributed by atoms with Gasteiger partial charge in [0.1, 0.15) is 5.75 Å². The Kier molecular flexibility index (Phi) is 2.44. The molecule has 0 saturated heterocycles. The highest BCUT2D eigenvalue weighted by Gasteiger charge is 2.10. The van der Waals surface area contributed by atoms with E-state index in [0.29, 0.717) is 0 Å². The first-order chi connectivity index (χ1) is 8.36. The van der Waals surface area contributed by atoms with Gasteiger partial charge < -0.3 is 10.1 Å². The van der Waals surface area contributed by atoms with E-state index >= 15 is 0 Å². The Morgan fingerprint density at radius 3 is 3.00 bits per heavy atom. The summed E-state index contributed by atoms with van der Waals surface area (Å²) in [5.41, 5.74) is 4.89. The first-order valence-corrected chi connectivity index (χ1v) is 5.73. The van der Waals surface area contributed by atoms with Gasteiger partial charge in [0, 0.05) is 24.0 Å². The monoisotopic (exact) mass is 226 g/mol. The first-order valence-electron chi connectivity index (χ1n) is 5.73. The molecule has 2 heterocycles. The van der Waals surface area contributed by atoms with Crippen molar-refractivity contribution in [3.63, 3.8) is 0 Å². The van der Waals surface area contributed by atoms with E-state index in [2.05, 4.69) is 28.5 Å². The summed E-state index contributed by atoms with van der Waals surface area (Å²) in [6.45, 7) is 1.04. The largest absolute Gasteiger partial charge is 0.495 e. The van der Waals surface area contributed by atoms with Crippen molar-refractivity contribution in [2.45, 2.75) is 6.42 Å². The predicted molar refractivity (Wildman–Crippen MR) is 68.4 cm³/mol. The third kappa shape index (κ3) is 1.84. The van der Waals surface area contributed by atoms with E-state index in [9.17, 15) is 0 Å². The number of ether oxygens (including phenoxy) is 1. The molecule has 0 spiro atoms. The normalized spacial score (nSPS) is 13.0. The minimum absolute atomic E-state index is 0.788. The van der Waals surface area contributed by atoms with E-state index < -0.39 is 0 Å². The van der Waals surface area contributed by atoms with E-state index in [0.717, 1.165) is 24.3 Å². The molecular formula is C14H14N2O. The molecule has 3 rings (SSSR count). The highest BCUT2D eigenvalue weighted by Crippen LogP contribution is 2.29. The van der Waals surface area contributed by atoms with Gasteiger partial charge >= 0.3 is 0 Å². The lowest BCUT2D eigenvalue weighted by molar-refractivity contribution is 0.413. The Balaban J connectivity index is 2.03. The molecular weight excluding hydrogens is 212 g/mol. The summed E-state index contributed by atoms with van der Waals surface area (Å²) in [6, 6.07) is 8.51. The minimum Gasteiger partial charge on any atom is -0.495 e. The van der Waals surface area contributed by atoms with Crippen LogP contribution in [0.1, 0.15) is 5.56 Å². The Hall–Kier alpha value is -2.03. The maximum Gasteiger partial charge on any atom is 0.137 e. The third-order valence-electron chi connectivity index (χ3n) is 3.10. The van der Waals surface area contributed by atoms with E-state index in [-0.39, 0.29) is 0 Å². The van der Waals surface area contributed by atoms with Crippen molar-refractivity contribution in [1.82, 2.24) is 4.98 Å². The standard InChI is InChI=1S/C14H14N2O/c1-17-13-6-12(8-15-9-13)11-3-2-10-4-5-16-14(10)7-11/h2-3,6-9,16H,4-5H2,1H3. The molecule has 0 aliphatic carbocycles. The van der Waals surface area contributed by atoms with Crippen LogP contribution in [0, 0.1) is 0 Å². The van der Waals surface area contributed by atoms with Gasteiger partial charge in [-0.2, -0.15) is 0 Å². The second-order valence-electron chi connectivity index (χ2n) is 4.16. The molecule has 1 aliphatic heterocycles. The molecule has 3 nitrogen and oxygen atoms in total. The molecule has 3 heteroatoms. The van der Waals surface area contributed by atoms with Crippen LogP contribution >= 0.6 is 0 Å². The van der Waals surface area contributed by atoms with Gasteiger partial charge in [0.2, 0.25) is 0 Å². The highest BCUT2D eigenvalue weighted by atomic mass is 16.5. The summed E-state index contributed by atoms with van der Waals surface area (Å²) in [5.74, 6) is 0.788. The third-order valence-corrected chi connectivity index (χ3v) is 3.10. The Morgan fingerprint density at radius 2 is 2.12 bits per heavy atom. The summed E-state index contributed by atoms with van der Waals surface area (Å²) in [4.78, 5) is 4.18. The second kappa shape index (κ2) is 4.09. The summed E-state index contributed by atoms with van der Waals surface area (Å²) < 4.78 is 5.19. The number of nitrogens with zero attached hydrogens (tertiary/aromatic N) is 1. The molecule has 0 saturated carbocycles. The molecule has 1 aliphatic rings. The molecule has 1 N–H and O–H groups in total. The number of benzene rings is 1. The van der Waals surface area contributed by atoms with Crippen LogP contribution in [0.5, 0.6) is 5.75 Å². The number of fused-ring (bicyclic) bond motifs is 1. The number of aromatic nitrogens is 1. The predicted octanol–water partition coefficient (Wildman–Crippen LogP) is 2.73. The number of hydrogen-bond acceptors (Lipinski definition) is 3. The number of nitrogens with one attached hydrogen (secondary N) is 1. The molecule has 0 bridgehead atoms. The first kappa shape index (κ1) is 10.1. The lowest BCUT2D eigenvalue weighted by Crippen LogP contribution is -1.91. The van der Waals surface area contributed by atoms with Crippen LogP contribution in [-0.2, 0) is 6.42 Å². The zero-order valence-corrected chi connectivity index (χ0v) is 9.73. The number of anilines is 1. The van der Waals surface area contributed by atoms with Gasteiger partial charge in [-0.3, -0.25) is 4.98 Å². The Morgan fingerprint density at radius 1 is 1.18 bits per heavy atom. The van der Waals surface area contributed by atoms with Gasteiger partial charge in [-0.15, -0.1) is 0 Å². The van der Waals surface area contributed by atoms with Crippen molar-refractivity contribution in [2.24, 2.45) is 0 Å². The highest BCUT2D eigenvalue weighted by molar-refractivity contribution is 5.71. The lowest BCUT2D eigenvalue weighted by atomic mass is 10.0. The van der Waals surface area contributed by atoms with Crippen molar-refractivity contribution in [3.8, 4) is 16.9 Å². The van der Waals surface area contributed by atoms with Crippen LogP contribution in [0.3, 0.4) is 0 Å². The van der Waals surface area contributed by atoms with Crippen molar-refractivity contribution >= 4 is 5.69 Å². The molecule has 0 fully saturated rings. The molecule has 86 valence electrons. The lowest BCUT2D eigenvalue weighted by Gasteiger charge is -2.06. The molecule has 0 radical (unpaired) electrons. The van der Waals surface area contributed by atoms with E-state index in [1.807, 2.05) is 12.3 Å². The molecule has 0 amide bonds. The number of methoxy groups -OCH3 is 1. The zero-order valence-electron chi connectivity index (χ0n) is 9.73. The molecule has 17 heavy (non-hydrogen) atoms. The quantitative estimate of drug-likeness (QED) is 0.855. The Labute approximate surface area is 100 Å². The number of rotatable bonds is 2. The van der Waals surface area contributed by atoms with Gasteiger partial charge in [-0.25, -0.2) is 0 Å². The van der Waals surface area contributed by atoms with Crippen molar-refractivity contribution < 1.29 is 4.74 Å². The molecule has 1 aromatic heterocycles. The second-order valence-corrected chi connectivity index (χ2v) is 4.16. The summed E-state index contributed by atoms with van der Waals surface area (Å²) in [6.07, 6.45) is 4.69. The van der Waals surface area contributed by atoms with E-state index in [4.69, 9.17) is 4.74 Å². The van der Waals surface area contributed by atoms with E-state index in [1.54, 1.807) is 13.3 Å².